The van der Waals surface area contributed by atoms with Gasteiger partial charge in [-0.3, -0.25) is 9.78 Å². The first-order chi connectivity index (χ1) is 12.5. The average molecular weight is 373 g/mol. The molecule has 6 nitrogen and oxygen atoms in total. The minimum absolute atomic E-state index is 0.0395. The third-order valence-electron chi connectivity index (χ3n) is 4.65. The second kappa shape index (κ2) is 7.97. The van der Waals surface area contributed by atoms with Crippen LogP contribution < -0.4 is 4.72 Å². The van der Waals surface area contributed by atoms with Gasteiger partial charge in [-0.25, -0.2) is 13.1 Å². The Morgan fingerprint density at radius 3 is 2.46 bits per heavy atom. The summed E-state index contributed by atoms with van der Waals surface area (Å²) in [6.45, 7) is 3.83. The molecule has 0 atom stereocenters. The number of likely N-dealkylation sites (tertiary alicyclic amines) is 1. The summed E-state index contributed by atoms with van der Waals surface area (Å²) in [5.41, 5.74) is 1.16. The number of benzene rings is 1. The zero-order valence-corrected chi connectivity index (χ0v) is 15.6. The van der Waals surface area contributed by atoms with Gasteiger partial charge in [0.05, 0.1) is 17.1 Å². The van der Waals surface area contributed by atoms with E-state index in [4.69, 9.17) is 0 Å². The minimum Gasteiger partial charge on any atom is -0.339 e. The van der Waals surface area contributed by atoms with E-state index in [1.54, 1.807) is 36.5 Å². The van der Waals surface area contributed by atoms with Crippen LogP contribution in [-0.2, 0) is 16.6 Å². The van der Waals surface area contributed by atoms with Crippen molar-refractivity contribution in [1.29, 1.82) is 0 Å². The molecular weight excluding hydrogens is 350 g/mol. The maximum absolute atomic E-state index is 12.5. The Morgan fingerprint density at radius 1 is 1.15 bits per heavy atom. The number of hydrogen-bond acceptors (Lipinski definition) is 4. The molecule has 1 aromatic carbocycles. The zero-order chi connectivity index (χ0) is 18.6. The lowest BCUT2D eigenvalue weighted by atomic mass is 9.98. The van der Waals surface area contributed by atoms with Gasteiger partial charge in [-0.05, 0) is 55.2 Å². The van der Waals surface area contributed by atoms with E-state index in [-0.39, 0.29) is 17.3 Å². The number of rotatable bonds is 5. The number of amides is 1. The maximum Gasteiger partial charge on any atom is 0.253 e. The molecule has 0 unspecified atom stereocenters. The molecule has 0 radical (unpaired) electrons. The lowest BCUT2D eigenvalue weighted by Crippen LogP contribution is -2.37. The Kier molecular flexibility index (Phi) is 5.68. The van der Waals surface area contributed by atoms with Gasteiger partial charge in [-0.1, -0.05) is 13.0 Å². The fraction of sp³-hybridized carbons (Fsp3) is 0.368. The fourth-order valence-electron chi connectivity index (χ4n) is 2.93. The standard InChI is InChI=1S/C19H23N3O3S/c1-15-9-12-22(13-10-15)19(23)16-5-7-18(8-6-16)26(24,25)21-14-17-4-2-3-11-20-17/h2-8,11,15,21H,9-10,12-14H2,1H3. The van der Waals surface area contributed by atoms with Gasteiger partial charge in [0.1, 0.15) is 0 Å². The van der Waals surface area contributed by atoms with Gasteiger partial charge in [0, 0.05) is 24.8 Å². The molecule has 2 heterocycles. The van der Waals surface area contributed by atoms with E-state index in [0.717, 1.165) is 25.9 Å². The number of piperidine rings is 1. The lowest BCUT2D eigenvalue weighted by Gasteiger charge is -2.30. The molecule has 1 N–H and O–H groups in total. The SMILES string of the molecule is CC1CCN(C(=O)c2ccc(S(=O)(=O)NCc3ccccn3)cc2)CC1. The van der Waals surface area contributed by atoms with Crippen molar-refractivity contribution in [3.8, 4) is 0 Å². The van der Waals surface area contributed by atoms with Crippen molar-refractivity contribution in [1.82, 2.24) is 14.6 Å². The second-order valence-corrected chi connectivity index (χ2v) is 8.41. The van der Waals surface area contributed by atoms with Gasteiger partial charge in [0.2, 0.25) is 10.0 Å². The van der Waals surface area contributed by atoms with Crippen LogP contribution in [0.3, 0.4) is 0 Å². The Labute approximate surface area is 154 Å². The van der Waals surface area contributed by atoms with E-state index in [2.05, 4.69) is 16.6 Å². The Morgan fingerprint density at radius 2 is 1.85 bits per heavy atom. The Hall–Kier alpha value is -2.25. The highest BCUT2D eigenvalue weighted by molar-refractivity contribution is 7.89. The van der Waals surface area contributed by atoms with Gasteiger partial charge in [-0.15, -0.1) is 0 Å². The highest BCUT2D eigenvalue weighted by Crippen LogP contribution is 2.19. The zero-order valence-electron chi connectivity index (χ0n) is 14.8. The van der Waals surface area contributed by atoms with Crippen LogP contribution in [0.1, 0.15) is 35.8 Å². The molecule has 138 valence electrons. The van der Waals surface area contributed by atoms with E-state index in [0.29, 0.717) is 17.2 Å². The molecule has 1 amide bonds. The normalized spacial score (nSPS) is 15.8. The number of pyridine rings is 1. The van der Waals surface area contributed by atoms with E-state index in [1.165, 1.54) is 12.1 Å². The van der Waals surface area contributed by atoms with Crippen LogP contribution in [0.5, 0.6) is 0 Å². The molecular formula is C19H23N3O3S. The van der Waals surface area contributed by atoms with E-state index < -0.39 is 10.0 Å². The van der Waals surface area contributed by atoms with Crippen molar-refractivity contribution >= 4 is 15.9 Å². The first-order valence-corrected chi connectivity index (χ1v) is 10.2. The van der Waals surface area contributed by atoms with Gasteiger partial charge < -0.3 is 4.90 Å². The fourth-order valence-corrected chi connectivity index (χ4v) is 3.92. The lowest BCUT2D eigenvalue weighted by molar-refractivity contribution is 0.0697. The molecule has 1 aliphatic rings. The number of sulfonamides is 1. The van der Waals surface area contributed by atoms with Crippen LogP contribution in [0.25, 0.3) is 0 Å². The summed E-state index contributed by atoms with van der Waals surface area (Å²) in [5.74, 6) is 0.610. The van der Waals surface area contributed by atoms with Crippen LogP contribution in [0, 0.1) is 5.92 Å². The van der Waals surface area contributed by atoms with Crippen molar-refractivity contribution in [3.63, 3.8) is 0 Å². The predicted octanol–water partition coefficient (Wildman–Crippen LogP) is 2.43. The molecule has 3 rings (SSSR count). The Balaban J connectivity index is 1.65. The van der Waals surface area contributed by atoms with Crippen molar-refractivity contribution < 1.29 is 13.2 Å². The van der Waals surface area contributed by atoms with Gasteiger partial charge in [0.25, 0.3) is 5.91 Å². The topological polar surface area (TPSA) is 79.4 Å². The summed E-state index contributed by atoms with van der Waals surface area (Å²) < 4.78 is 27.3. The molecule has 0 bridgehead atoms. The van der Waals surface area contributed by atoms with Crippen LogP contribution in [0.4, 0.5) is 0 Å². The summed E-state index contributed by atoms with van der Waals surface area (Å²) >= 11 is 0. The van der Waals surface area contributed by atoms with Crippen molar-refractivity contribution in [3.05, 3.63) is 59.9 Å². The molecule has 0 spiro atoms. The third-order valence-corrected chi connectivity index (χ3v) is 6.07. The first-order valence-electron chi connectivity index (χ1n) is 8.74. The molecule has 1 aromatic heterocycles. The largest absolute Gasteiger partial charge is 0.339 e. The number of nitrogens with one attached hydrogen (secondary N) is 1. The summed E-state index contributed by atoms with van der Waals surface area (Å²) in [4.78, 5) is 18.6. The summed E-state index contributed by atoms with van der Waals surface area (Å²) in [5, 5.41) is 0. The molecule has 2 aromatic rings. The summed E-state index contributed by atoms with van der Waals surface area (Å²) in [7, 11) is -3.65. The van der Waals surface area contributed by atoms with Crippen molar-refractivity contribution in [2.45, 2.75) is 31.2 Å². The average Bonchev–Trinajstić information content (AvgIpc) is 2.67. The van der Waals surface area contributed by atoms with Gasteiger partial charge >= 0.3 is 0 Å². The van der Waals surface area contributed by atoms with E-state index in [1.807, 2.05) is 4.90 Å². The molecule has 1 aliphatic heterocycles. The number of aromatic nitrogens is 1. The molecule has 7 heteroatoms. The highest BCUT2D eigenvalue weighted by Gasteiger charge is 2.22. The van der Waals surface area contributed by atoms with Crippen LogP contribution in [0.15, 0.2) is 53.6 Å². The molecule has 26 heavy (non-hydrogen) atoms. The van der Waals surface area contributed by atoms with E-state index in [9.17, 15) is 13.2 Å². The number of hydrogen-bond donors (Lipinski definition) is 1. The molecule has 1 fully saturated rings. The molecule has 1 saturated heterocycles. The molecule has 0 aliphatic carbocycles. The quantitative estimate of drug-likeness (QED) is 0.873. The van der Waals surface area contributed by atoms with Gasteiger partial charge in [-0.2, -0.15) is 0 Å². The third kappa shape index (κ3) is 4.47. The van der Waals surface area contributed by atoms with Gasteiger partial charge in [0.15, 0.2) is 0 Å². The van der Waals surface area contributed by atoms with Crippen LogP contribution >= 0.6 is 0 Å². The minimum atomic E-state index is -3.65. The maximum atomic E-state index is 12.5. The van der Waals surface area contributed by atoms with Crippen molar-refractivity contribution in [2.75, 3.05) is 13.1 Å². The summed E-state index contributed by atoms with van der Waals surface area (Å²) in [6, 6.07) is 11.4. The number of carbonyl (C=O) groups is 1. The Bertz CT molecular complexity index is 843. The number of nitrogens with zero attached hydrogens (tertiary/aromatic N) is 2. The number of carbonyl (C=O) groups excluding carboxylic acids is 1. The highest BCUT2D eigenvalue weighted by atomic mass is 32.2. The van der Waals surface area contributed by atoms with Crippen molar-refractivity contribution in [2.24, 2.45) is 5.92 Å². The second-order valence-electron chi connectivity index (χ2n) is 6.64. The monoisotopic (exact) mass is 373 g/mol. The van der Waals surface area contributed by atoms with Crippen LogP contribution in [0.2, 0.25) is 0 Å². The van der Waals surface area contributed by atoms with E-state index >= 15 is 0 Å². The predicted molar refractivity (Wildman–Crippen MR) is 99.0 cm³/mol. The molecule has 0 saturated carbocycles. The summed E-state index contributed by atoms with van der Waals surface area (Å²) in [6.07, 6.45) is 3.64. The smallest absolute Gasteiger partial charge is 0.253 e. The van der Waals surface area contributed by atoms with Crippen LogP contribution in [-0.4, -0.2) is 37.3 Å². The first kappa shape index (κ1) is 18.5.